The van der Waals surface area contributed by atoms with Crippen LogP contribution < -0.4 is 10.1 Å². The Morgan fingerprint density at radius 3 is 2.43 bits per heavy atom. The van der Waals surface area contributed by atoms with Gasteiger partial charge in [0, 0.05) is 12.1 Å². The predicted octanol–water partition coefficient (Wildman–Crippen LogP) is 2.75. The second-order valence-electron chi connectivity index (χ2n) is 8.96. The van der Waals surface area contributed by atoms with E-state index in [0.717, 1.165) is 19.3 Å². The lowest BCUT2D eigenvalue weighted by Crippen LogP contribution is -2.45. The van der Waals surface area contributed by atoms with Crippen LogP contribution in [0.3, 0.4) is 0 Å². The normalized spacial score (nSPS) is 21.8. The van der Waals surface area contributed by atoms with Gasteiger partial charge in [-0.05, 0) is 63.7 Å². The molecule has 2 aliphatic heterocycles. The number of carbonyl (C=O) groups excluding carboxylic acids is 1. The molecular formula is C20H29F2N3O4S. The second kappa shape index (κ2) is 8.39. The molecule has 1 amide bonds. The van der Waals surface area contributed by atoms with Crippen LogP contribution in [0.4, 0.5) is 14.5 Å². The zero-order valence-electron chi connectivity index (χ0n) is 17.5. The molecule has 0 aliphatic carbocycles. The van der Waals surface area contributed by atoms with E-state index < -0.39 is 22.2 Å². The summed E-state index contributed by atoms with van der Waals surface area (Å²) in [7, 11) is -3.28. The summed E-state index contributed by atoms with van der Waals surface area (Å²) in [5.41, 5.74) is -0.281. The smallest absolute Gasteiger partial charge is 0.387 e. The first-order valence-corrected chi connectivity index (χ1v) is 11.8. The van der Waals surface area contributed by atoms with Crippen molar-refractivity contribution in [2.45, 2.75) is 45.3 Å². The van der Waals surface area contributed by atoms with Crippen molar-refractivity contribution in [3.63, 3.8) is 0 Å². The van der Waals surface area contributed by atoms with Crippen LogP contribution in [0.2, 0.25) is 0 Å². The van der Waals surface area contributed by atoms with E-state index in [2.05, 4.69) is 10.1 Å². The number of anilines is 1. The molecule has 2 heterocycles. The summed E-state index contributed by atoms with van der Waals surface area (Å²) in [6.45, 7) is 2.95. The summed E-state index contributed by atoms with van der Waals surface area (Å²) in [5.74, 6) is -0.381. The first-order chi connectivity index (χ1) is 13.9. The van der Waals surface area contributed by atoms with Gasteiger partial charge in [-0.25, -0.2) is 8.42 Å². The molecule has 7 nitrogen and oxygen atoms in total. The number of nitrogens with zero attached hydrogens (tertiary/aromatic N) is 2. The second-order valence-corrected chi connectivity index (χ2v) is 10.9. The Balaban J connectivity index is 1.56. The Bertz CT molecular complexity index is 884. The van der Waals surface area contributed by atoms with Crippen molar-refractivity contribution >= 4 is 21.6 Å². The van der Waals surface area contributed by atoms with Gasteiger partial charge < -0.3 is 10.1 Å². The number of halogens is 2. The van der Waals surface area contributed by atoms with Crippen molar-refractivity contribution in [3.05, 3.63) is 24.3 Å². The number of rotatable bonds is 6. The molecule has 30 heavy (non-hydrogen) atoms. The number of para-hydroxylation sites is 2. The highest BCUT2D eigenvalue weighted by molar-refractivity contribution is 7.88. The fourth-order valence-electron chi connectivity index (χ4n) is 4.83. The van der Waals surface area contributed by atoms with E-state index in [9.17, 15) is 22.0 Å². The number of alkyl halides is 2. The highest BCUT2D eigenvalue weighted by Crippen LogP contribution is 2.48. The van der Waals surface area contributed by atoms with Gasteiger partial charge in [0.15, 0.2) is 0 Å². The molecule has 1 aromatic rings. The van der Waals surface area contributed by atoms with Crippen LogP contribution >= 0.6 is 0 Å². The van der Waals surface area contributed by atoms with Crippen LogP contribution in [0.5, 0.6) is 5.75 Å². The van der Waals surface area contributed by atoms with Gasteiger partial charge >= 0.3 is 6.61 Å². The van der Waals surface area contributed by atoms with Gasteiger partial charge in [-0.1, -0.05) is 12.1 Å². The van der Waals surface area contributed by atoms with Gasteiger partial charge in [0.2, 0.25) is 15.9 Å². The number of hydrogen-bond donors (Lipinski definition) is 1. The monoisotopic (exact) mass is 445 g/mol. The van der Waals surface area contributed by atoms with E-state index in [1.807, 2.05) is 18.7 Å². The first kappa shape index (κ1) is 22.9. The lowest BCUT2D eigenvalue weighted by Gasteiger charge is -2.39. The SMILES string of the molecule is CC1(C)CC2(CCN(CC(=O)Nc3ccccc3OC(F)F)CC2)CN1S(C)(=O)=O. The quantitative estimate of drug-likeness (QED) is 0.729. The fraction of sp³-hybridized carbons (Fsp3) is 0.650. The van der Waals surface area contributed by atoms with E-state index in [1.165, 1.54) is 18.4 Å². The molecule has 0 atom stereocenters. The third-order valence-corrected chi connectivity index (χ3v) is 7.45. The average Bonchev–Trinajstić information content (AvgIpc) is 2.89. The lowest BCUT2D eigenvalue weighted by atomic mass is 9.74. The van der Waals surface area contributed by atoms with Crippen LogP contribution in [0.25, 0.3) is 0 Å². The summed E-state index contributed by atoms with van der Waals surface area (Å²) < 4.78 is 55.4. The van der Waals surface area contributed by atoms with Crippen LogP contribution in [-0.2, 0) is 14.8 Å². The summed E-state index contributed by atoms with van der Waals surface area (Å²) in [6.07, 6.45) is 3.66. The van der Waals surface area contributed by atoms with Crippen molar-refractivity contribution in [3.8, 4) is 5.75 Å². The number of sulfonamides is 1. The molecular weight excluding hydrogens is 416 g/mol. The number of ether oxygens (including phenoxy) is 1. The van der Waals surface area contributed by atoms with E-state index >= 15 is 0 Å². The number of hydrogen-bond acceptors (Lipinski definition) is 5. The van der Waals surface area contributed by atoms with E-state index in [1.54, 1.807) is 16.4 Å². The largest absolute Gasteiger partial charge is 0.433 e. The van der Waals surface area contributed by atoms with Crippen molar-refractivity contribution in [1.29, 1.82) is 0 Å². The van der Waals surface area contributed by atoms with Gasteiger partial charge in [-0.3, -0.25) is 9.69 Å². The summed E-state index contributed by atoms with van der Waals surface area (Å²) >= 11 is 0. The molecule has 0 aromatic heterocycles. The van der Waals surface area contributed by atoms with Gasteiger partial charge in [-0.15, -0.1) is 0 Å². The number of piperidine rings is 1. The summed E-state index contributed by atoms with van der Waals surface area (Å²) in [4.78, 5) is 14.4. The number of amides is 1. The van der Waals surface area contributed by atoms with Gasteiger partial charge in [0.1, 0.15) is 5.75 Å². The van der Waals surface area contributed by atoms with Crippen LogP contribution in [-0.4, -0.2) is 68.1 Å². The van der Waals surface area contributed by atoms with Crippen molar-refractivity contribution < 1.29 is 26.7 Å². The Hall–Kier alpha value is -1.78. The highest BCUT2D eigenvalue weighted by atomic mass is 32.2. The summed E-state index contributed by atoms with van der Waals surface area (Å²) in [5, 5.41) is 2.64. The van der Waals surface area contributed by atoms with Gasteiger partial charge in [0.05, 0.1) is 18.5 Å². The highest BCUT2D eigenvalue weighted by Gasteiger charge is 2.52. The molecule has 3 rings (SSSR count). The Morgan fingerprint density at radius 2 is 1.87 bits per heavy atom. The molecule has 10 heteroatoms. The van der Waals surface area contributed by atoms with Gasteiger partial charge in [0.25, 0.3) is 0 Å². The molecule has 0 radical (unpaired) electrons. The molecule has 1 aromatic carbocycles. The van der Waals surface area contributed by atoms with Crippen molar-refractivity contribution in [1.82, 2.24) is 9.21 Å². The van der Waals surface area contributed by atoms with Crippen LogP contribution in [0.1, 0.15) is 33.1 Å². The predicted molar refractivity (Wildman–Crippen MR) is 110 cm³/mol. The molecule has 0 bridgehead atoms. The lowest BCUT2D eigenvalue weighted by molar-refractivity contribution is -0.118. The topological polar surface area (TPSA) is 79.0 Å². The minimum Gasteiger partial charge on any atom is -0.433 e. The van der Waals surface area contributed by atoms with Crippen molar-refractivity contribution in [2.24, 2.45) is 5.41 Å². The average molecular weight is 446 g/mol. The Morgan fingerprint density at radius 1 is 1.23 bits per heavy atom. The molecule has 0 saturated carbocycles. The number of benzene rings is 1. The Kier molecular flexibility index (Phi) is 6.41. The molecule has 2 fully saturated rings. The maximum atomic E-state index is 12.5. The third kappa shape index (κ3) is 5.28. The fourth-order valence-corrected chi connectivity index (χ4v) is 6.30. The molecule has 0 unspecified atom stereocenters. The summed E-state index contributed by atoms with van der Waals surface area (Å²) in [6, 6.07) is 6.08. The van der Waals surface area contributed by atoms with Gasteiger partial charge in [-0.2, -0.15) is 13.1 Å². The third-order valence-electron chi connectivity index (χ3n) is 6.02. The minimum absolute atomic E-state index is 0.0722. The minimum atomic E-state index is -3.28. The van der Waals surface area contributed by atoms with E-state index in [0.29, 0.717) is 19.6 Å². The van der Waals surface area contributed by atoms with E-state index in [-0.39, 0.29) is 29.3 Å². The Labute approximate surface area is 176 Å². The van der Waals surface area contributed by atoms with Crippen LogP contribution in [0.15, 0.2) is 24.3 Å². The number of likely N-dealkylation sites (tertiary alicyclic amines) is 1. The maximum Gasteiger partial charge on any atom is 0.387 e. The maximum absolute atomic E-state index is 12.5. The zero-order valence-corrected chi connectivity index (χ0v) is 18.3. The molecule has 1 N–H and O–H groups in total. The van der Waals surface area contributed by atoms with Crippen molar-refractivity contribution in [2.75, 3.05) is 37.8 Å². The van der Waals surface area contributed by atoms with Crippen LogP contribution in [0, 0.1) is 5.41 Å². The standard InChI is InChI=1S/C20H29F2N3O4S/c1-19(2)13-20(14-25(19)30(3,27)28)8-10-24(11-9-20)12-17(26)23-15-6-4-5-7-16(15)29-18(21)22/h4-7,18H,8-14H2,1-3H3,(H,23,26). The molecule has 1 spiro atoms. The number of nitrogens with one attached hydrogen (secondary N) is 1. The van der Waals surface area contributed by atoms with E-state index in [4.69, 9.17) is 0 Å². The zero-order chi connectivity index (χ0) is 22.2. The molecule has 2 aliphatic rings. The first-order valence-electron chi connectivity index (χ1n) is 9.94. The molecule has 2 saturated heterocycles. The number of carbonyl (C=O) groups is 1. The molecule has 168 valence electrons.